The third kappa shape index (κ3) is 2.46. The predicted molar refractivity (Wildman–Crippen MR) is 74.3 cm³/mol. The second-order valence-corrected chi connectivity index (χ2v) is 6.49. The van der Waals surface area contributed by atoms with Crippen LogP contribution >= 0.6 is 0 Å². The molecule has 1 aromatic heterocycles. The van der Waals surface area contributed by atoms with Crippen molar-refractivity contribution in [2.24, 2.45) is 12.5 Å². The van der Waals surface area contributed by atoms with Crippen LogP contribution in [0.2, 0.25) is 0 Å². The van der Waals surface area contributed by atoms with Crippen molar-refractivity contribution in [1.29, 1.82) is 0 Å². The molecule has 0 radical (unpaired) electrons. The Hall–Kier alpha value is -1.16. The van der Waals surface area contributed by atoms with Crippen molar-refractivity contribution in [3.63, 3.8) is 0 Å². The summed E-state index contributed by atoms with van der Waals surface area (Å²) in [6.07, 6.45) is 5.36. The summed E-state index contributed by atoms with van der Waals surface area (Å²) in [5, 5.41) is 4.17. The molecule has 4 heteroatoms. The van der Waals surface area contributed by atoms with Gasteiger partial charge in [0.2, 0.25) is 5.78 Å². The highest BCUT2D eigenvalue weighted by molar-refractivity contribution is 6.02. The zero-order valence-corrected chi connectivity index (χ0v) is 12.6. The summed E-state index contributed by atoms with van der Waals surface area (Å²) in [6.45, 7) is 6.44. The number of hydrogen-bond donors (Lipinski definition) is 0. The zero-order chi connectivity index (χ0) is 14.3. The Labute approximate surface area is 115 Å². The Morgan fingerprint density at radius 1 is 1.32 bits per heavy atom. The van der Waals surface area contributed by atoms with E-state index < -0.39 is 5.60 Å². The first-order chi connectivity index (χ1) is 8.81. The van der Waals surface area contributed by atoms with E-state index in [0.717, 1.165) is 31.2 Å². The van der Waals surface area contributed by atoms with E-state index in [0.29, 0.717) is 11.1 Å². The fourth-order valence-corrected chi connectivity index (χ4v) is 2.94. The van der Waals surface area contributed by atoms with E-state index >= 15 is 0 Å². The largest absolute Gasteiger partial charge is 0.370 e. The SMILES string of the molecule is COC1(C(=O)c2c(C)cnn2C)CCC(C)(C)CC1. The Morgan fingerprint density at radius 2 is 1.89 bits per heavy atom. The number of methoxy groups -OCH3 is 1. The molecule has 0 aliphatic heterocycles. The monoisotopic (exact) mass is 264 g/mol. The van der Waals surface area contributed by atoms with Crippen LogP contribution in [0.4, 0.5) is 0 Å². The van der Waals surface area contributed by atoms with Crippen LogP contribution in [-0.4, -0.2) is 28.3 Å². The Kier molecular flexibility index (Phi) is 3.56. The minimum absolute atomic E-state index is 0.0861. The molecular weight excluding hydrogens is 240 g/mol. The van der Waals surface area contributed by atoms with Crippen LogP contribution in [0.1, 0.15) is 55.6 Å². The molecule has 0 N–H and O–H groups in total. The molecule has 19 heavy (non-hydrogen) atoms. The van der Waals surface area contributed by atoms with Gasteiger partial charge in [0, 0.05) is 14.2 Å². The maximum Gasteiger partial charge on any atom is 0.212 e. The van der Waals surface area contributed by atoms with Gasteiger partial charge in [0.1, 0.15) is 11.3 Å². The molecule has 0 aromatic carbocycles. The highest BCUT2D eigenvalue weighted by Crippen LogP contribution is 2.43. The lowest BCUT2D eigenvalue weighted by molar-refractivity contribution is -0.0389. The normalized spacial score (nSPS) is 21.3. The lowest BCUT2D eigenvalue weighted by Gasteiger charge is -2.41. The second-order valence-electron chi connectivity index (χ2n) is 6.49. The number of aromatic nitrogens is 2. The number of carbonyl (C=O) groups excluding carboxylic acids is 1. The Morgan fingerprint density at radius 3 is 2.32 bits per heavy atom. The Balaban J connectivity index is 2.31. The third-order valence-electron chi connectivity index (χ3n) is 4.55. The average molecular weight is 264 g/mol. The predicted octanol–water partition coefficient (Wildman–Crippen LogP) is 2.90. The third-order valence-corrected chi connectivity index (χ3v) is 4.55. The van der Waals surface area contributed by atoms with Gasteiger partial charge in [-0.1, -0.05) is 13.8 Å². The van der Waals surface area contributed by atoms with Crippen LogP contribution in [0.15, 0.2) is 6.20 Å². The van der Waals surface area contributed by atoms with Crippen molar-refractivity contribution in [2.45, 2.75) is 52.1 Å². The number of ether oxygens (including phenoxy) is 1. The number of Topliss-reactive ketones (excluding diaryl/α,β-unsaturated/α-hetero) is 1. The number of ketones is 1. The standard InChI is InChI=1S/C15H24N2O2/c1-11-10-16-17(4)12(11)13(18)15(19-5)8-6-14(2,3)7-9-15/h10H,6-9H2,1-5H3. The van der Waals surface area contributed by atoms with Crippen molar-refractivity contribution in [3.05, 3.63) is 17.5 Å². The molecule has 2 rings (SSSR count). The molecule has 0 amide bonds. The number of carbonyl (C=O) groups is 1. The number of hydrogen-bond acceptors (Lipinski definition) is 3. The number of rotatable bonds is 3. The van der Waals surface area contributed by atoms with Gasteiger partial charge in [0.15, 0.2) is 0 Å². The van der Waals surface area contributed by atoms with Gasteiger partial charge in [-0.05, 0) is 43.6 Å². The van der Waals surface area contributed by atoms with Gasteiger partial charge in [0.05, 0.1) is 6.20 Å². The first-order valence-corrected chi connectivity index (χ1v) is 6.90. The van der Waals surface area contributed by atoms with Gasteiger partial charge in [0.25, 0.3) is 0 Å². The Bertz CT molecular complexity index is 459. The van der Waals surface area contributed by atoms with Crippen molar-refractivity contribution >= 4 is 5.78 Å². The minimum atomic E-state index is -0.659. The van der Waals surface area contributed by atoms with Gasteiger partial charge in [-0.2, -0.15) is 5.10 Å². The first-order valence-electron chi connectivity index (χ1n) is 6.90. The van der Waals surface area contributed by atoms with Gasteiger partial charge in [-0.3, -0.25) is 9.48 Å². The molecule has 0 bridgehead atoms. The van der Waals surface area contributed by atoms with Crippen molar-refractivity contribution < 1.29 is 9.53 Å². The van der Waals surface area contributed by atoms with Gasteiger partial charge in [-0.15, -0.1) is 0 Å². The number of aryl methyl sites for hydroxylation is 2. The van der Waals surface area contributed by atoms with E-state index in [1.807, 2.05) is 14.0 Å². The van der Waals surface area contributed by atoms with Crippen LogP contribution in [0, 0.1) is 12.3 Å². The number of nitrogens with zero attached hydrogens (tertiary/aromatic N) is 2. The fourth-order valence-electron chi connectivity index (χ4n) is 2.94. The summed E-state index contributed by atoms with van der Waals surface area (Å²) < 4.78 is 7.34. The smallest absolute Gasteiger partial charge is 0.212 e. The highest BCUT2D eigenvalue weighted by atomic mass is 16.5. The molecular formula is C15H24N2O2. The molecule has 106 valence electrons. The molecule has 1 fully saturated rings. The molecule has 0 saturated heterocycles. The minimum Gasteiger partial charge on any atom is -0.370 e. The molecule has 0 atom stereocenters. The lowest BCUT2D eigenvalue weighted by atomic mass is 9.69. The quantitative estimate of drug-likeness (QED) is 0.788. The summed E-state index contributed by atoms with van der Waals surface area (Å²) in [5.74, 6) is 0.0861. The van der Waals surface area contributed by atoms with Crippen LogP contribution in [-0.2, 0) is 11.8 Å². The van der Waals surface area contributed by atoms with E-state index in [1.54, 1.807) is 18.0 Å². The van der Waals surface area contributed by atoms with E-state index in [2.05, 4.69) is 18.9 Å². The summed E-state index contributed by atoms with van der Waals surface area (Å²) >= 11 is 0. The molecule has 1 aliphatic carbocycles. The first kappa shape index (κ1) is 14.3. The molecule has 0 unspecified atom stereocenters. The van der Waals surface area contributed by atoms with Gasteiger partial charge in [-0.25, -0.2) is 0 Å². The van der Waals surface area contributed by atoms with Crippen LogP contribution in [0.25, 0.3) is 0 Å². The topological polar surface area (TPSA) is 44.1 Å². The lowest BCUT2D eigenvalue weighted by Crippen LogP contribution is -2.46. The second kappa shape index (κ2) is 4.75. The average Bonchev–Trinajstić information content (AvgIpc) is 2.69. The summed E-state index contributed by atoms with van der Waals surface area (Å²) in [7, 11) is 3.47. The van der Waals surface area contributed by atoms with Crippen LogP contribution < -0.4 is 0 Å². The molecule has 1 saturated carbocycles. The zero-order valence-electron chi connectivity index (χ0n) is 12.6. The molecule has 4 nitrogen and oxygen atoms in total. The highest BCUT2D eigenvalue weighted by Gasteiger charge is 2.45. The van der Waals surface area contributed by atoms with E-state index in [4.69, 9.17) is 4.74 Å². The summed E-state index contributed by atoms with van der Waals surface area (Å²) in [5.41, 5.74) is 1.26. The van der Waals surface area contributed by atoms with Gasteiger partial charge >= 0.3 is 0 Å². The van der Waals surface area contributed by atoms with Crippen molar-refractivity contribution in [1.82, 2.24) is 9.78 Å². The van der Waals surface area contributed by atoms with Crippen molar-refractivity contribution in [3.8, 4) is 0 Å². The summed E-state index contributed by atoms with van der Waals surface area (Å²) in [4.78, 5) is 12.9. The van der Waals surface area contributed by atoms with Gasteiger partial charge < -0.3 is 4.74 Å². The summed E-state index contributed by atoms with van der Waals surface area (Å²) in [6, 6.07) is 0. The van der Waals surface area contributed by atoms with E-state index in [1.165, 1.54) is 0 Å². The fraction of sp³-hybridized carbons (Fsp3) is 0.733. The maximum absolute atomic E-state index is 12.9. The molecule has 1 aliphatic rings. The molecule has 0 spiro atoms. The van der Waals surface area contributed by atoms with E-state index in [9.17, 15) is 4.79 Å². The molecule has 1 heterocycles. The molecule has 1 aromatic rings. The van der Waals surface area contributed by atoms with Crippen molar-refractivity contribution in [2.75, 3.05) is 7.11 Å². The van der Waals surface area contributed by atoms with Crippen LogP contribution in [0.3, 0.4) is 0 Å². The maximum atomic E-state index is 12.9. The van der Waals surface area contributed by atoms with Crippen LogP contribution in [0.5, 0.6) is 0 Å². The van der Waals surface area contributed by atoms with E-state index in [-0.39, 0.29) is 5.78 Å².